The second-order valence-electron chi connectivity index (χ2n) is 5.65. The Balaban J connectivity index is 2.77. The molecule has 0 radical (unpaired) electrons. The molecule has 0 bridgehead atoms. The van der Waals surface area contributed by atoms with Crippen LogP contribution in [-0.4, -0.2) is 35.2 Å². The van der Waals surface area contributed by atoms with E-state index in [1.54, 1.807) is 19.9 Å². The highest BCUT2D eigenvalue weighted by Crippen LogP contribution is 2.34. The van der Waals surface area contributed by atoms with Crippen molar-refractivity contribution in [3.63, 3.8) is 0 Å². The van der Waals surface area contributed by atoms with Crippen LogP contribution in [0.15, 0.2) is 23.8 Å². The van der Waals surface area contributed by atoms with Crippen LogP contribution >= 0.6 is 0 Å². The summed E-state index contributed by atoms with van der Waals surface area (Å²) in [6.07, 6.45) is 2.33. The fourth-order valence-corrected chi connectivity index (χ4v) is 1.91. The van der Waals surface area contributed by atoms with Gasteiger partial charge in [0.2, 0.25) is 0 Å². The van der Waals surface area contributed by atoms with E-state index in [0.29, 0.717) is 6.42 Å². The predicted octanol–water partition coefficient (Wildman–Crippen LogP) is 3.21. The topological polar surface area (TPSA) is 93.1 Å². The Kier molecular flexibility index (Phi) is 7.30. The number of carbonyl (C=O) groups is 2. The quantitative estimate of drug-likeness (QED) is 0.430. The highest BCUT2D eigenvalue weighted by atomic mass is 16.5. The van der Waals surface area contributed by atoms with Crippen LogP contribution in [0.3, 0.4) is 0 Å². The van der Waals surface area contributed by atoms with Crippen molar-refractivity contribution < 1.29 is 29.3 Å². The van der Waals surface area contributed by atoms with Crippen LogP contribution in [0.25, 0.3) is 0 Å². The normalized spacial score (nSPS) is 12.6. The molecule has 2 N–H and O–H groups in total. The van der Waals surface area contributed by atoms with E-state index >= 15 is 0 Å². The molecule has 1 aromatic rings. The number of aromatic hydroxyl groups is 2. The molecular formula is C18H24O6. The van der Waals surface area contributed by atoms with Gasteiger partial charge in [0.15, 0.2) is 5.78 Å². The molecule has 6 nitrogen and oxygen atoms in total. The first-order valence-corrected chi connectivity index (χ1v) is 7.78. The van der Waals surface area contributed by atoms with E-state index in [1.807, 2.05) is 6.92 Å². The zero-order valence-corrected chi connectivity index (χ0v) is 14.5. The Morgan fingerprint density at radius 1 is 1.21 bits per heavy atom. The second-order valence-corrected chi connectivity index (χ2v) is 5.65. The first-order valence-electron chi connectivity index (χ1n) is 7.78. The standard InChI is InChI=1S/C18H24O6/c1-5-12(3)18(22)17-15(20)8-14(9-16(17)21)23-7-6-11(2)10-24-13(4)19/h6,8-9,12,20-21H,5,7,10H2,1-4H3. The number of phenolic OH excluding ortho intramolecular Hbond substituents is 2. The minimum absolute atomic E-state index is 0.0849. The van der Waals surface area contributed by atoms with Gasteiger partial charge in [-0.1, -0.05) is 13.8 Å². The predicted molar refractivity (Wildman–Crippen MR) is 89.4 cm³/mol. The Labute approximate surface area is 141 Å². The highest BCUT2D eigenvalue weighted by molar-refractivity contribution is 6.02. The molecule has 0 saturated heterocycles. The van der Waals surface area contributed by atoms with Gasteiger partial charge in [-0.2, -0.15) is 0 Å². The number of ether oxygens (including phenoxy) is 2. The van der Waals surface area contributed by atoms with Gasteiger partial charge in [-0.3, -0.25) is 9.59 Å². The third kappa shape index (κ3) is 5.61. The largest absolute Gasteiger partial charge is 0.507 e. The van der Waals surface area contributed by atoms with E-state index in [9.17, 15) is 19.8 Å². The fraction of sp³-hybridized carbons (Fsp3) is 0.444. The Morgan fingerprint density at radius 2 is 1.79 bits per heavy atom. The van der Waals surface area contributed by atoms with E-state index in [1.165, 1.54) is 19.1 Å². The zero-order chi connectivity index (χ0) is 18.3. The number of benzene rings is 1. The van der Waals surface area contributed by atoms with E-state index in [2.05, 4.69) is 0 Å². The molecule has 0 aliphatic carbocycles. The lowest BCUT2D eigenvalue weighted by Gasteiger charge is -2.13. The van der Waals surface area contributed by atoms with E-state index < -0.39 is 0 Å². The molecule has 0 heterocycles. The molecule has 1 aromatic carbocycles. The maximum atomic E-state index is 12.1. The Bertz CT molecular complexity index is 609. The molecule has 1 unspecified atom stereocenters. The molecule has 0 aliphatic heterocycles. The van der Waals surface area contributed by atoms with Crippen LogP contribution in [0.2, 0.25) is 0 Å². The first-order chi connectivity index (χ1) is 11.3. The lowest BCUT2D eigenvalue weighted by molar-refractivity contribution is -0.139. The van der Waals surface area contributed by atoms with Crippen LogP contribution in [0.5, 0.6) is 17.2 Å². The first kappa shape index (κ1) is 19.5. The summed E-state index contributed by atoms with van der Waals surface area (Å²) in [7, 11) is 0. The lowest BCUT2D eigenvalue weighted by atomic mass is 9.95. The minimum atomic E-state index is -0.361. The van der Waals surface area contributed by atoms with Crippen molar-refractivity contribution in [2.75, 3.05) is 13.2 Å². The van der Waals surface area contributed by atoms with Crippen LogP contribution in [0, 0.1) is 5.92 Å². The minimum Gasteiger partial charge on any atom is -0.507 e. The molecule has 6 heteroatoms. The molecular weight excluding hydrogens is 312 g/mol. The maximum Gasteiger partial charge on any atom is 0.302 e. The number of phenols is 2. The van der Waals surface area contributed by atoms with E-state index in [4.69, 9.17) is 9.47 Å². The van der Waals surface area contributed by atoms with Crippen LogP contribution in [0.4, 0.5) is 0 Å². The smallest absolute Gasteiger partial charge is 0.302 e. The molecule has 0 saturated carbocycles. The molecule has 0 aromatic heterocycles. The number of carbonyl (C=O) groups excluding carboxylic acids is 2. The number of Topliss-reactive ketones (excluding diaryl/α,β-unsaturated/α-hetero) is 1. The van der Waals surface area contributed by atoms with Gasteiger partial charge in [0.1, 0.15) is 36.0 Å². The summed E-state index contributed by atoms with van der Waals surface area (Å²) < 4.78 is 10.3. The molecule has 0 aliphatic rings. The van der Waals surface area contributed by atoms with Crippen molar-refractivity contribution in [3.05, 3.63) is 29.3 Å². The molecule has 0 spiro atoms. The van der Waals surface area contributed by atoms with Crippen molar-refractivity contribution in [1.29, 1.82) is 0 Å². The third-order valence-corrected chi connectivity index (χ3v) is 3.56. The molecule has 0 fully saturated rings. The summed E-state index contributed by atoms with van der Waals surface area (Å²) in [4.78, 5) is 22.9. The number of hydrogen-bond donors (Lipinski definition) is 2. The number of hydrogen-bond acceptors (Lipinski definition) is 6. The van der Waals surface area contributed by atoms with Crippen molar-refractivity contribution in [3.8, 4) is 17.2 Å². The van der Waals surface area contributed by atoms with Crippen LogP contribution in [-0.2, 0) is 9.53 Å². The van der Waals surface area contributed by atoms with Crippen molar-refractivity contribution in [1.82, 2.24) is 0 Å². The number of rotatable bonds is 8. The Hall–Kier alpha value is -2.50. The fourth-order valence-electron chi connectivity index (χ4n) is 1.91. The molecule has 1 atom stereocenters. The van der Waals surface area contributed by atoms with Gasteiger partial charge < -0.3 is 19.7 Å². The monoisotopic (exact) mass is 336 g/mol. The van der Waals surface area contributed by atoms with Gasteiger partial charge in [-0.15, -0.1) is 0 Å². The van der Waals surface area contributed by atoms with Crippen molar-refractivity contribution in [2.45, 2.75) is 34.1 Å². The van der Waals surface area contributed by atoms with Gasteiger partial charge >= 0.3 is 5.97 Å². The number of ketones is 1. The zero-order valence-electron chi connectivity index (χ0n) is 14.5. The molecule has 24 heavy (non-hydrogen) atoms. The maximum absolute atomic E-state index is 12.1. The summed E-state index contributed by atoms with van der Waals surface area (Å²) in [5.74, 6) is -1.34. The van der Waals surface area contributed by atoms with Gasteiger partial charge in [0, 0.05) is 25.0 Å². The summed E-state index contributed by atoms with van der Waals surface area (Å²) in [5.41, 5.74) is 0.723. The van der Waals surface area contributed by atoms with Gasteiger partial charge in [0.25, 0.3) is 0 Å². The summed E-state index contributed by atoms with van der Waals surface area (Å²) >= 11 is 0. The average molecular weight is 336 g/mol. The highest BCUT2D eigenvalue weighted by Gasteiger charge is 2.22. The second kappa shape index (κ2) is 8.96. The SMILES string of the molecule is CCC(C)C(=O)c1c(O)cc(OCC=C(C)COC(C)=O)cc1O. The van der Waals surface area contributed by atoms with E-state index in [0.717, 1.165) is 5.57 Å². The van der Waals surface area contributed by atoms with Crippen molar-refractivity contribution in [2.24, 2.45) is 5.92 Å². The van der Waals surface area contributed by atoms with Crippen molar-refractivity contribution >= 4 is 11.8 Å². The Morgan fingerprint density at radius 3 is 2.29 bits per heavy atom. The summed E-state index contributed by atoms with van der Waals surface area (Å²) in [6.45, 7) is 7.07. The van der Waals surface area contributed by atoms with Gasteiger partial charge in [-0.05, 0) is 25.0 Å². The average Bonchev–Trinajstić information content (AvgIpc) is 2.51. The summed E-state index contributed by atoms with van der Waals surface area (Å²) in [5, 5.41) is 20.0. The third-order valence-electron chi connectivity index (χ3n) is 3.56. The van der Waals surface area contributed by atoms with Gasteiger partial charge in [-0.25, -0.2) is 0 Å². The van der Waals surface area contributed by atoms with Crippen LogP contribution < -0.4 is 4.74 Å². The molecule has 0 amide bonds. The van der Waals surface area contributed by atoms with Crippen LogP contribution in [0.1, 0.15) is 44.5 Å². The van der Waals surface area contributed by atoms with Gasteiger partial charge in [0.05, 0.1) is 0 Å². The molecule has 132 valence electrons. The lowest BCUT2D eigenvalue weighted by Crippen LogP contribution is -2.11. The van der Waals surface area contributed by atoms with E-state index in [-0.39, 0.29) is 53.7 Å². The molecule has 1 rings (SSSR count). The summed E-state index contributed by atoms with van der Waals surface area (Å²) in [6, 6.07) is 2.59. The number of esters is 1.